The average molecular weight is 279 g/mol. The lowest BCUT2D eigenvalue weighted by molar-refractivity contribution is 0.0386. The van der Waals surface area contributed by atoms with Crippen LogP contribution in [0.25, 0.3) is 0 Å². The first-order chi connectivity index (χ1) is 8.27. The summed E-state index contributed by atoms with van der Waals surface area (Å²) in [6, 6.07) is -0.623. The molecule has 4 amide bonds. The van der Waals surface area contributed by atoms with E-state index in [9.17, 15) is 9.59 Å². The summed E-state index contributed by atoms with van der Waals surface area (Å²) in [4.78, 5) is 26.2. The van der Waals surface area contributed by atoms with Crippen molar-refractivity contribution in [3.8, 4) is 0 Å². The Morgan fingerprint density at radius 3 is 2.67 bits per heavy atom. The summed E-state index contributed by atoms with van der Waals surface area (Å²) in [5.41, 5.74) is 0. The molecule has 8 heteroatoms. The lowest BCUT2D eigenvalue weighted by atomic mass is 10.4. The molecular formula is C10H19ClN4O3. The Bertz CT molecular complexity index is 297. The summed E-state index contributed by atoms with van der Waals surface area (Å²) < 4.78 is 5.23. The molecule has 0 aromatic rings. The molecule has 2 aliphatic rings. The Hall–Kier alpha value is -1.05. The number of imide groups is 1. The van der Waals surface area contributed by atoms with Crippen molar-refractivity contribution in [2.75, 3.05) is 52.5 Å². The first-order valence-corrected chi connectivity index (χ1v) is 5.90. The third-order valence-corrected chi connectivity index (χ3v) is 2.91. The SMILES string of the molecule is Cl.O=C(NCCN1CCOCC1)N1CCNC1=O. The number of ether oxygens (including phenoxy) is 1. The topological polar surface area (TPSA) is 73.9 Å². The van der Waals surface area contributed by atoms with Gasteiger partial charge >= 0.3 is 12.1 Å². The summed E-state index contributed by atoms with van der Waals surface area (Å²) >= 11 is 0. The van der Waals surface area contributed by atoms with Crippen molar-refractivity contribution in [3.05, 3.63) is 0 Å². The largest absolute Gasteiger partial charge is 0.379 e. The van der Waals surface area contributed by atoms with Gasteiger partial charge in [0, 0.05) is 39.3 Å². The number of nitrogens with one attached hydrogen (secondary N) is 2. The minimum atomic E-state index is -0.312. The van der Waals surface area contributed by atoms with Crippen molar-refractivity contribution in [1.29, 1.82) is 0 Å². The number of carbonyl (C=O) groups is 2. The van der Waals surface area contributed by atoms with Crippen LogP contribution >= 0.6 is 12.4 Å². The average Bonchev–Trinajstić information content (AvgIpc) is 2.77. The zero-order valence-corrected chi connectivity index (χ0v) is 11.0. The fourth-order valence-electron chi connectivity index (χ4n) is 1.91. The molecule has 2 aliphatic heterocycles. The van der Waals surface area contributed by atoms with Crippen LogP contribution in [-0.2, 0) is 4.74 Å². The van der Waals surface area contributed by atoms with Crippen LogP contribution in [0.5, 0.6) is 0 Å². The highest BCUT2D eigenvalue weighted by Gasteiger charge is 2.25. The van der Waals surface area contributed by atoms with Crippen LogP contribution in [0.2, 0.25) is 0 Å². The Labute approximate surface area is 112 Å². The van der Waals surface area contributed by atoms with Crippen molar-refractivity contribution in [1.82, 2.24) is 20.4 Å². The van der Waals surface area contributed by atoms with Crippen LogP contribution in [0.4, 0.5) is 9.59 Å². The van der Waals surface area contributed by atoms with Crippen LogP contribution < -0.4 is 10.6 Å². The molecular weight excluding hydrogens is 260 g/mol. The molecule has 104 valence electrons. The molecule has 0 bridgehead atoms. The van der Waals surface area contributed by atoms with E-state index in [0.717, 1.165) is 32.8 Å². The fourth-order valence-corrected chi connectivity index (χ4v) is 1.91. The number of carbonyl (C=O) groups excluding carboxylic acids is 2. The maximum Gasteiger partial charge on any atom is 0.325 e. The predicted octanol–water partition coefficient (Wildman–Crippen LogP) is -0.525. The van der Waals surface area contributed by atoms with Gasteiger partial charge in [0.05, 0.1) is 13.2 Å². The number of hydrogen-bond acceptors (Lipinski definition) is 4. The molecule has 0 aromatic heterocycles. The van der Waals surface area contributed by atoms with Crippen molar-refractivity contribution in [2.45, 2.75) is 0 Å². The number of hydrogen-bond donors (Lipinski definition) is 2. The summed E-state index contributed by atoms with van der Waals surface area (Å²) in [6.07, 6.45) is 0. The van der Waals surface area contributed by atoms with Gasteiger partial charge in [0.1, 0.15) is 0 Å². The summed E-state index contributed by atoms with van der Waals surface area (Å²) in [5, 5.41) is 5.34. The number of morpholine rings is 1. The van der Waals surface area contributed by atoms with Gasteiger partial charge in [0.25, 0.3) is 0 Å². The third-order valence-electron chi connectivity index (χ3n) is 2.91. The smallest absolute Gasteiger partial charge is 0.325 e. The molecule has 2 fully saturated rings. The predicted molar refractivity (Wildman–Crippen MR) is 68.0 cm³/mol. The minimum Gasteiger partial charge on any atom is -0.379 e. The molecule has 0 saturated carbocycles. The Balaban J connectivity index is 0.00000162. The number of urea groups is 2. The normalized spacial score (nSPS) is 20.2. The highest BCUT2D eigenvalue weighted by Crippen LogP contribution is 1.98. The maximum absolute atomic E-state index is 11.6. The van der Waals surface area contributed by atoms with E-state index in [1.807, 2.05) is 0 Å². The quantitative estimate of drug-likeness (QED) is 0.728. The molecule has 2 heterocycles. The van der Waals surface area contributed by atoms with Gasteiger partial charge in [-0.05, 0) is 0 Å². The van der Waals surface area contributed by atoms with Gasteiger partial charge in [-0.2, -0.15) is 0 Å². The first-order valence-electron chi connectivity index (χ1n) is 5.90. The van der Waals surface area contributed by atoms with E-state index in [-0.39, 0.29) is 24.5 Å². The van der Waals surface area contributed by atoms with Crippen molar-refractivity contribution in [3.63, 3.8) is 0 Å². The van der Waals surface area contributed by atoms with Gasteiger partial charge in [-0.3, -0.25) is 4.90 Å². The van der Waals surface area contributed by atoms with Crippen LogP contribution in [0, 0.1) is 0 Å². The van der Waals surface area contributed by atoms with Crippen molar-refractivity contribution >= 4 is 24.5 Å². The van der Waals surface area contributed by atoms with Gasteiger partial charge in [-0.1, -0.05) is 0 Å². The van der Waals surface area contributed by atoms with E-state index >= 15 is 0 Å². The molecule has 18 heavy (non-hydrogen) atoms. The lowest BCUT2D eigenvalue weighted by Crippen LogP contribution is -2.46. The Kier molecular flexibility index (Phi) is 6.17. The van der Waals surface area contributed by atoms with Gasteiger partial charge < -0.3 is 15.4 Å². The molecule has 0 atom stereocenters. The highest BCUT2D eigenvalue weighted by atomic mass is 35.5. The van der Waals surface area contributed by atoms with Crippen LogP contribution in [0.15, 0.2) is 0 Å². The minimum absolute atomic E-state index is 0. The second-order valence-electron chi connectivity index (χ2n) is 4.07. The standard InChI is InChI=1S/C10H18N4O3.ClH/c15-9(14-4-2-12-10(14)16)11-1-3-13-5-7-17-8-6-13;/h1-8H2,(H,11,15)(H,12,16);1H. The molecule has 0 radical (unpaired) electrons. The molecule has 0 aliphatic carbocycles. The van der Waals surface area contributed by atoms with Crippen LogP contribution in [0.1, 0.15) is 0 Å². The Morgan fingerprint density at radius 1 is 1.33 bits per heavy atom. The van der Waals surface area contributed by atoms with E-state index in [1.165, 1.54) is 4.90 Å². The number of nitrogens with zero attached hydrogens (tertiary/aromatic N) is 2. The summed E-state index contributed by atoms with van der Waals surface area (Å²) in [5.74, 6) is 0. The fraction of sp³-hybridized carbons (Fsp3) is 0.800. The molecule has 0 spiro atoms. The van der Waals surface area contributed by atoms with E-state index in [1.54, 1.807) is 0 Å². The second-order valence-corrected chi connectivity index (χ2v) is 4.07. The van der Waals surface area contributed by atoms with E-state index in [0.29, 0.717) is 19.6 Å². The van der Waals surface area contributed by atoms with Gasteiger partial charge in [0.15, 0.2) is 0 Å². The second kappa shape index (κ2) is 7.40. The molecule has 2 N–H and O–H groups in total. The zero-order chi connectivity index (χ0) is 12.1. The first kappa shape index (κ1) is 15.0. The van der Waals surface area contributed by atoms with Crippen LogP contribution in [-0.4, -0.2) is 74.3 Å². The van der Waals surface area contributed by atoms with Crippen molar-refractivity contribution < 1.29 is 14.3 Å². The lowest BCUT2D eigenvalue weighted by Gasteiger charge is -2.26. The molecule has 0 aromatic carbocycles. The van der Waals surface area contributed by atoms with Crippen LogP contribution in [0.3, 0.4) is 0 Å². The zero-order valence-electron chi connectivity index (χ0n) is 10.2. The number of halogens is 1. The summed E-state index contributed by atoms with van der Waals surface area (Å²) in [6.45, 7) is 5.65. The highest BCUT2D eigenvalue weighted by molar-refractivity contribution is 5.94. The van der Waals surface area contributed by atoms with Gasteiger partial charge in [0.2, 0.25) is 0 Å². The summed E-state index contributed by atoms with van der Waals surface area (Å²) in [7, 11) is 0. The third kappa shape index (κ3) is 4.01. The maximum atomic E-state index is 11.6. The molecule has 2 rings (SSSR count). The Morgan fingerprint density at radius 2 is 2.06 bits per heavy atom. The van der Waals surface area contributed by atoms with Gasteiger partial charge in [-0.15, -0.1) is 12.4 Å². The molecule has 2 saturated heterocycles. The van der Waals surface area contributed by atoms with E-state index in [2.05, 4.69) is 15.5 Å². The molecule has 7 nitrogen and oxygen atoms in total. The monoisotopic (exact) mass is 278 g/mol. The van der Waals surface area contributed by atoms with E-state index in [4.69, 9.17) is 4.74 Å². The van der Waals surface area contributed by atoms with Crippen molar-refractivity contribution in [2.24, 2.45) is 0 Å². The van der Waals surface area contributed by atoms with Gasteiger partial charge in [-0.25, -0.2) is 14.5 Å². The number of rotatable bonds is 3. The van der Waals surface area contributed by atoms with E-state index < -0.39 is 0 Å². The molecule has 0 unspecified atom stereocenters. The number of amides is 4.